The van der Waals surface area contributed by atoms with Crippen molar-refractivity contribution in [2.75, 3.05) is 38.1 Å². The Morgan fingerprint density at radius 2 is 2.00 bits per heavy atom. The average Bonchev–Trinajstić information content (AvgIpc) is 2.66. The molecule has 1 fully saturated rings. The van der Waals surface area contributed by atoms with Gasteiger partial charge in [-0.05, 0) is 32.2 Å². The van der Waals surface area contributed by atoms with Gasteiger partial charge in [-0.1, -0.05) is 6.07 Å². The molecule has 8 nitrogen and oxygen atoms in total. The number of hydrogen-bond donors (Lipinski definition) is 1. The summed E-state index contributed by atoms with van der Waals surface area (Å²) in [5.74, 6) is 0.631. The minimum atomic E-state index is -0.449. The SMILES string of the molecule is Cc1cc(C(=O)NCc2cccnc2N2CCN(C)CC2)ccc1[N+](=O)[O-]. The molecule has 142 valence electrons. The summed E-state index contributed by atoms with van der Waals surface area (Å²) in [5.41, 5.74) is 1.83. The number of aryl methyl sites for hydroxylation is 1. The van der Waals surface area contributed by atoms with Crippen LogP contribution >= 0.6 is 0 Å². The molecule has 27 heavy (non-hydrogen) atoms. The summed E-state index contributed by atoms with van der Waals surface area (Å²) < 4.78 is 0. The molecule has 1 aromatic heterocycles. The number of carbonyl (C=O) groups is 1. The number of likely N-dealkylation sites (N-methyl/N-ethyl adjacent to an activating group) is 1. The third kappa shape index (κ3) is 4.40. The van der Waals surface area contributed by atoms with Crippen molar-refractivity contribution in [3.05, 3.63) is 63.3 Å². The predicted molar refractivity (Wildman–Crippen MR) is 103 cm³/mol. The Hall–Kier alpha value is -3.00. The van der Waals surface area contributed by atoms with E-state index in [0.29, 0.717) is 17.7 Å². The first-order valence-electron chi connectivity index (χ1n) is 8.86. The second-order valence-electron chi connectivity index (χ2n) is 6.72. The molecule has 0 aliphatic carbocycles. The fraction of sp³-hybridized carbons (Fsp3) is 0.368. The van der Waals surface area contributed by atoms with E-state index in [2.05, 4.69) is 27.1 Å². The van der Waals surface area contributed by atoms with Crippen LogP contribution in [0.25, 0.3) is 0 Å². The molecule has 1 aliphatic rings. The van der Waals surface area contributed by atoms with Gasteiger partial charge in [-0.2, -0.15) is 0 Å². The van der Waals surface area contributed by atoms with Crippen molar-refractivity contribution >= 4 is 17.4 Å². The zero-order valence-electron chi connectivity index (χ0n) is 15.5. The van der Waals surface area contributed by atoms with Gasteiger partial charge in [0.2, 0.25) is 0 Å². The third-order valence-electron chi connectivity index (χ3n) is 4.77. The number of nitro groups is 1. The van der Waals surface area contributed by atoms with Gasteiger partial charge in [0.25, 0.3) is 11.6 Å². The number of anilines is 1. The molecule has 1 N–H and O–H groups in total. The first kappa shape index (κ1) is 18.8. The molecular weight excluding hydrogens is 346 g/mol. The Morgan fingerprint density at radius 1 is 1.26 bits per heavy atom. The molecule has 0 unspecified atom stereocenters. The number of nitrogens with zero attached hydrogens (tertiary/aromatic N) is 4. The van der Waals surface area contributed by atoms with Gasteiger partial charge in [0, 0.05) is 61.7 Å². The lowest BCUT2D eigenvalue weighted by molar-refractivity contribution is -0.385. The van der Waals surface area contributed by atoms with Crippen LogP contribution in [0.5, 0.6) is 0 Å². The Morgan fingerprint density at radius 3 is 2.67 bits per heavy atom. The van der Waals surface area contributed by atoms with E-state index in [4.69, 9.17) is 0 Å². The lowest BCUT2D eigenvalue weighted by Crippen LogP contribution is -2.45. The van der Waals surface area contributed by atoms with Crippen molar-refractivity contribution in [2.45, 2.75) is 13.5 Å². The molecule has 1 aromatic carbocycles. The molecule has 0 spiro atoms. The monoisotopic (exact) mass is 369 g/mol. The van der Waals surface area contributed by atoms with Crippen molar-refractivity contribution in [2.24, 2.45) is 0 Å². The minimum absolute atomic E-state index is 0.0103. The van der Waals surface area contributed by atoms with Gasteiger partial charge in [-0.15, -0.1) is 0 Å². The Labute approximate surface area is 158 Å². The topological polar surface area (TPSA) is 91.6 Å². The van der Waals surface area contributed by atoms with E-state index in [-0.39, 0.29) is 11.6 Å². The number of carbonyl (C=O) groups excluding carboxylic acids is 1. The molecule has 2 heterocycles. The Balaban J connectivity index is 1.69. The maximum Gasteiger partial charge on any atom is 0.272 e. The van der Waals surface area contributed by atoms with Gasteiger partial charge < -0.3 is 15.1 Å². The van der Waals surface area contributed by atoms with Crippen LogP contribution in [-0.4, -0.2) is 53.9 Å². The van der Waals surface area contributed by atoms with Gasteiger partial charge >= 0.3 is 0 Å². The molecule has 0 bridgehead atoms. The van der Waals surface area contributed by atoms with Crippen LogP contribution in [0.2, 0.25) is 0 Å². The highest BCUT2D eigenvalue weighted by molar-refractivity contribution is 5.94. The van der Waals surface area contributed by atoms with E-state index in [1.165, 1.54) is 18.2 Å². The highest BCUT2D eigenvalue weighted by Gasteiger charge is 2.19. The number of hydrogen-bond acceptors (Lipinski definition) is 6. The maximum atomic E-state index is 12.5. The van der Waals surface area contributed by atoms with Gasteiger partial charge in [-0.3, -0.25) is 14.9 Å². The second kappa shape index (κ2) is 8.13. The number of benzene rings is 1. The largest absolute Gasteiger partial charge is 0.354 e. The van der Waals surface area contributed by atoms with E-state index in [1.54, 1.807) is 13.1 Å². The zero-order chi connectivity index (χ0) is 19.4. The quantitative estimate of drug-likeness (QED) is 0.640. The van der Waals surface area contributed by atoms with Crippen LogP contribution in [0.4, 0.5) is 11.5 Å². The molecule has 1 amide bonds. The molecule has 1 saturated heterocycles. The van der Waals surface area contributed by atoms with Crippen molar-refractivity contribution in [3.63, 3.8) is 0 Å². The van der Waals surface area contributed by atoms with Crippen LogP contribution in [-0.2, 0) is 6.54 Å². The van der Waals surface area contributed by atoms with Crippen LogP contribution in [0.1, 0.15) is 21.5 Å². The molecule has 3 rings (SSSR count). The van der Waals surface area contributed by atoms with Crippen LogP contribution < -0.4 is 10.2 Å². The van der Waals surface area contributed by atoms with E-state index in [0.717, 1.165) is 37.6 Å². The van der Waals surface area contributed by atoms with E-state index >= 15 is 0 Å². The van der Waals surface area contributed by atoms with Crippen molar-refractivity contribution in [1.82, 2.24) is 15.2 Å². The zero-order valence-corrected chi connectivity index (χ0v) is 15.5. The lowest BCUT2D eigenvalue weighted by Gasteiger charge is -2.34. The van der Waals surface area contributed by atoms with Crippen molar-refractivity contribution in [1.29, 1.82) is 0 Å². The average molecular weight is 369 g/mol. The summed E-state index contributed by atoms with van der Waals surface area (Å²) in [7, 11) is 2.10. The Bertz CT molecular complexity index is 847. The number of aromatic nitrogens is 1. The third-order valence-corrected chi connectivity index (χ3v) is 4.77. The van der Waals surface area contributed by atoms with Crippen molar-refractivity contribution in [3.8, 4) is 0 Å². The first-order valence-corrected chi connectivity index (χ1v) is 8.86. The fourth-order valence-electron chi connectivity index (χ4n) is 3.15. The number of nitro benzene ring substituents is 1. The summed E-state index contributed by atoms with van der Waals surface area (Å²) in [6.45, 7) is 5.73. The number of nitrogens with one attached hydrogen (secondary N) is 1. The van der Waals surface area contributed by atoms with Gasteiger partial charge in [0.1, 0.15) is 5.82 Å². The summed E-state index contributed by atoms with van der Waals surface area (Å²) in [6, 6.07) is 8.20. The van der Waals surface area contributed by atoms with Gasteiger partial charge in [-0.25, -0.2) is 4.98 Å². The summed E-state index contributed by atoms with van der Waals surface area (Å²) in [4.78, 5) is 31.9. The normalized spacial score (nSPS) is 14.8. The Kier molecular flexibility index (Phi) is 5.66. The van der Waals surface area contributed by atoms with E-state index in [1.807, 2.05) is 12.1 Å². The summed E-state index contributed by atoms with van der Waals surface area (Å²) in [5, 5.41) is 13.8. The molecule has 0 saturated carbocycles. The maximum absolute atomic E-state index is 12.5. The van der Waals surface area contributed by atoms with Crippen LogP contribution in [0.15, 0.2) is 36.5 Å². The van der Waals surface area contributed by atoms with E-state index in [9.17, 15) is 14.9 Å². The van der Waals surface area contributed by atoms with Crippen molar-refractivity contribution < 1.29 is 9.72 Å². The number of rotatable bonds is 5. The highest BCUT2D eigenvalue weighted by Crippen LogP contribution is 2.20. The summed E-state index contributed by atoms with van der Waals surface area (Å²) >= 11 is 0. The first-order chi connectivity index (χ1) is 13.0. The van der Waals surface area contributed by atoms with Gasteiger partial charge in [0.05, 0.1) is 4.92 Å². The number of pyridine rings is 1. The fourth-order valence-corrected chi connectivity index (χ4v) is 3.15. The molecule has 2 aromatic rings. The van der Waals surface area contributed by atoms with Crippen LogP contribution in [0.3, 0.4) is 0 Å². The highest BCUT2D eigenvalue weighted by atomic mass is 16.6. The number of piperazine rings is 1. The summed E-state index contributed by atoms with van der Waals surface area (Å²) in [6.07, 6.45) is 1.76. The van der Waals surface area contributed by atoms with Crippen LogP contribution in [0, 0.1) is 17.0 Å². The lowest BCUT2D eigenvalue weighted by atomic mass is 10.1. The van der Waals surface area contributed by atoms with E-state index < -0.39 is 4.92 Å². The smallest absolute Gasteiger partial charge is 0.272 e. The molecule has 0 atom stereocenters. The molecule has 0 radical (unpaired) electrons. The molecule has 1 aliphatic heterocycles. The predicted octanol–water partition coefficient (Wildman–Crippen LogP) is 1.98. The molecular formula is C19H23N5O3. The molecule has 8 heteroatoms. The standard InChI is InChI=1S/C19H23N5O3/c1-14-12-15(5-6-17(14)24(26)27)19(25)21-13-16-4-3-7-20-18(16)23-10-8-22(2)9-11-23/h3-7,12H,8-11,13H2,1-2H3,(H,21,25). The second-order valence-corrected chi connectivity index (χ2v) is 6.72. The number of amides is 1. The minimum Gasteiger partial charge on any atom is -0.354 e. The van der Waals surface area contributed by atoms with Gasteiger partial charge in [0.15, 0.2) is 0 Å².